The third kappa shape index (κ3) is 3.24. The highest BCUT2D eigenvalue weighted by Crippen LogP contribution is 2.16. The van der Waals surface area contributed by atoms with Crippen LogP contribution in [0.4, 0.5) is 0 Å². The van der Waals surface area contributed by atoms with E-state index < -0.39 is 0 Å². The van der Waals surface area contributed by atoms with Crippen molar-refractivity contribution in [2.75, 3.05) is 6.61 Å². The predicted molar refractivity (Wildman–Crippen MR) is 59.1 cm³/mol. The minimum Gasteiger partial charge on any atom is -0.368 e. The number of ketones is 1. The Morgan fingerprint density at radius 1 is 1.50 bits per heavy atom. The van der Waals surface area contributed by atoms with Gasteiger partial charge in [0.05, 0.1) is 5.60 Å². The molecule has 0 aliphatic carbocycles. The number of thiophene rings is 1. The molecule has 1 rings (SSSR count). The van der Waals surface area contributed by atoms with E-state index in [1.165, 1.54) is 0 Å². The molecular weight excluding hydrogens is 196 g/mol. The van der Waals surface area contributed by atoms with Gasteiger partial charge in [-0.3, -0.25) is 4.79 Å². The maximum Gasteiger partial charge on any atom is 0.189 e. The molecule has 0 amide bonds. The summed E-state index contributed by atoms with van der Waals surface area (Å²) in [5.41, 5.74) is 0.541. The molecule has 3 heteroatoms. The zero-order valence-corrected chi connectivity index (χ0v) is 9.90. The van der Waals surface area contributed by atoms with Crippen LogP contribution in [0, 0.1) is 6.92 Å². The van der Waals surface area contributed by atoms with Crippen LogP contribution in [0.5, 0.6) is 0 Å². The Kier molecular flexibility index (Phi) is 3.45. The van der Waals surface area contributed by atoms with E-state index >= 15 is 0 Å². The molecule has 1 heterocycles. The quantitative estimate of drug-likeness (QED) is 0.720. The first-order valence-electron chi connectivity index (χ1n) is 4.61. The lowest BCUT2D eigenvalue weighted by Crippen LogP contribution is -2.23. The Morgan fingerprint density at radius 3 is 2.57 bits per heavy atom. The summed E-state index contributed by atoms with van der Waals surface area (Å²) in [7, 11) is 0. The van der Waals surface area contributed by atoms with Crippen LogP contribution in [-0.2, 0) is 4.74 Å². The molecule has 0 aromatic carbocycles. The SMILES string of the molecule is Cc1sccc1C(=O)COC(C)(C)C. The van der Waals surface area contributed by atoms with E-state index in [4.69, 9.17) is 4.74 Å². The Balaban J connectivity index is 2.56. The van der Waals surface area contributed by atoms with Gasteiger partial charge in [0.2, 0.25) is 0 Å². The summed E-state index contributed by atoms with van der Waals surface area (Å²) in [5, 5.41) is 1.93. The smallest absolute Gasteiger partial charge is 0.189 e. The summed E-state index contributed by atoms with van der Waals surface area (Å²) in [4.78, 5) is 12.7. The lowest BCUT2D eigenvalue weighted by molar-refractivity contribution is 0.00306. The van der Waals surface area contributed by atoms with E-state index in [-0.39, 0.29) is 18.0 Å². The number of hydrogen-bond donors (Lipinski definition) is 0. The molecule has 14 heavy (non-hydrogen) atoms. The summed E-state index contributed by atoms with van der Waals surface area (Å²) in [6.45, 7) is 7.96. The lowest BCUT2D eigenvalue weighted by atomic mass is 10.1. The van der Waals surface area contributed by atoms with E-state index in [0.717, 1.165) is 10.4 Å². The summed E-state index contributed by atoms with van der Waals surface area (Å²) < 4.78 is 5.42. The van der Waals surface area contributed by atoms with Crippen molar-refractivity contribution in [3.05, 3.63) is 21.9 Å². The van der Waals surface area contributed by atoms with Crippen molar-refractivity contribution in [1.29, 1.82) is 0 Å². The second kappa shape index (κ2) is 4.24. The Bertz CT molecular complexity index is 320. The van der Waals surface area contributed by atoms with Crippen molar-refractivity contribution in [3.63, 3.8) is 0 Å². The first-order chi connectivity index (χ1) is 6.40. The number of ether oxygens (including phenoxy) is 1. The number of hydrogen-bond acceptors (Lipinski definition) is 3. The average Bonchev–Trinajstić information content (AvgIpc) is 2.46. The first kappa shape index (κ1) is 11.4. The molecule has 0 aliphatic rings. The largest absolute Gasteiger partial charge is 0.368 e. The third-order valence-corrected chi connectivity index (χ3v) is 2.64. The van der Waals surface area contributed by atoms with Crippen molar-refractivity contribution in [2.45, 2.75) is 33.3 Å². The molecule has 0 unspecified atom stereocenters. The minimum absolute atomic E-state index is 0.0682. The highest BCUT2D eigenvalue weighted by atomic mass is 32.1. The van der Waals surface area contributed by atoms with Crippen LogP contribution in [0.25, 0.3) is 0 Å². The second-order valence-electron chi connectivity index (χ2n) is 4.21. The van der Waals surface area contributed by atoms with Gasteiger partial charge in [-0.2, -0.15) is 0 Å². The maximum absolute atomic E-state index is 11.7. The highest BCUT2D eigenvalue weighted by molar-refractivity contribution is 7.10. The molecule has 1 aromatic rings. The van der Waals surface area contributed by atoms with Gasteiger partial charge in [0, 0.05) is 10.4 Å². The van der Waals surface area contributed by atoms with Gasteiger partial charge < -0.3 is 4.74 Å². The van der Waals surface area contributed by atoms with Crippen LogP contribution in [0.15, 0.2) is 11.4 Å². The number of aryl methyl sites for hydroxylation is 1. The topological polar surface area (TPSA) is 26.3 Å². The van der Waals surface area contributed by atoms with E-state index in [1.807, 2.05) is 39.1 Å². The molecule has 0 saturated carbocycles. The number of Topliss-reactive ketones (excluding diaryl/α,β-unsaturated/α-hetero) is 1. The second-order valence-corrected chi connectivity index (χ2v) is 5.33. The van der Waals surface area contributed by atoms with Gasteiger partial charge in [-0.05, 0) is 39.1 Å². The number of rotatable bonds is 3. The van der Waals surface area contributed by atoms with E-state index in [1.54, 1.807) is 11.3 Å². The summed E-state index contributed by atoms with van der Waals surface area (Å²) in [6.07, 6.45) is 0. The van der Waals surface area contributed by atoms with Gasteiger partial charge in [0.15, 0.2) is 5.78 Å². The minimum atomic E-state index is -0.250. The zero-order valence-electron chi connectivity index (χ0n) is 9.09. The van der Waals surface area contributed by atoms with Crippen LogP contribution in [0.3, 0.4) is 0 Å². The van der Waals surface area contributed by atoms with Gasteiger partial charge in [-0.15, -0.1) is 11.3 Å². The molecule has 0 radical (unpaired) electrons. The van der Waals surface area contributed by atoms with Crippen molar-refractivity contribution in [2.24, 2.45) is 0 Å². The van der Waals surface area contributed by atoms with Crippen LogP contribution in [-0.4, -0.2) is 18.0 Å². The Morgan fingerprint density at radius 2 is 2.14 bits per heavy atom. The van der Waals surface area contributed by atoms with Crippen LogP contribution >= 0.6 is 11.3 Å². The molecule has 0 saturated heterocycles. The monoisotopic (exact) mass is 212 g/mol. The molecular formula is C11H16O2S. The van der Waals surface area contributed by atoms with E-state index in [9.17, 15) is 4.79 Å². The normalized spacial score (nSPS) is 11.7. The van der Waals surface area contributed by atoms with Crippen LogP contribution < -0.4 is 0 Å². The van der Waals surface area contributed by atoms with Crippen molar-refractivity contribution >= 4 is 17.1 Å². The standard InChI is InChI=1S/C11H16O2S/c1-8-9(5-6-14-8)10(12)7-13-11(2,3)4/h5-6H,7H2,1-4H3. The van der Waals surface area contributed by atoms with E-state index in [0.29, 0.717) is 0 Å². The van der Waals surface area contributed by atoms with E-state index in [2.05, 4.69) is 0 Å². The van der Waals surface area contributed by atoms with Crippen molar-refractivity contribution < 1.29 is 9.53 Å². The molecule has 0 bridgehead atoms. The Labute approximate surface area is 88.9 Å². The Hall–Kier alpha value is -0.670. The summed E-state index contributed by atoms with van der Waals surface area (Å²) in [6, 6.07) is 1.86. The molecule has 0 aliphatic heterocycles. The number of carbonyl (C=O) groups is 1. The van der Waals surface area contributed by atoms with Gasteiger partial charge in [0.25, 0.3) is 0 Å². The highest BCUT2D eigenvalue weighted by Gasteiger charge is 2.15. The zero-order chi connectivity index (χ0) is 10.8. The summed E-state index contributed by atoms with van der Waals surface area (Å²) in [5.74, 6) is 0.0682. The molecule has 0 N–H and O–H groups in total. The molecule has 0 fully saturated rings. The fourth-order valence-electron chi connectivity index (χ4n) is 1.03. The third-order valence-electron chi connectivity index (χ3n) is 1.80. The van der Waals surface area contributed by atoms with Gasteiger partial charge in [-0.1, -0.05) is 0 Å². The average molecular weight is 212 g/mol. The van der Waals surface area contributed by atoms with Gasteiger partial charge >= 0.3 is 0 Å². The van der Waals surface area contributed by atoms with Gasteiger partial charge in [0.1, 0.15) is 6.61 Å². The fraction of sp³-hybridized carbons (Fsp3) is 0.545. The lowest BCUT2D eigenvalue weighted by Gasteiger charge is -2.18. The van der Waals surface area contributed by atoms with Crippen molar-refractivity contribution in [1.82, 2.24) is 0 Å². The molecule has 0 spiro atoms. The number of carbonyl (C=O) groups excluding carboxylic acids is 1. The van der Waals surface area contributed by atoms with Gasteiger partial charge in [-0.25, -0.2) is 0 Å². The fourth-order valence-corrected chi connectivity index (χ4v) is 1.75. The van der Waals surface area contributed by atoms with Crippen LogP contribution in [0.2, 0.25) is 0 Å². The summed E-state index contributed by atoms with van der Waals surface area (Å²) >= 11 is 1.59. The predicted octanol–water partition coefficient (Wildman–Crippen LogP) is 3.05. The first-order valence-corrected chi connectivity index (χ1v) is 5.49. The molecule has 78 valence electrons. The molecule has 1 aromatic heterocycles. The maximum atomic E-state index is 11.7. The molecule has 0 atom stereocenters. The van der Waals surface area contributed by atoms with Crippen LogP contribution in [0.1, 0.15) is 36.0 Å². The molecule has 2 nitrogen and oxygen atoms in total. The van der Waals surface area contributed by atoms with Crippen molar-refractivity contribution in [3.8, 4) is 0 Å².